The molecule has 0 heterocycles. The van der Waals surface area contributed by atoms with E-state index in [9.17, 15) is 13.2 Å². The Balaban J connectivity index is 1.85. The lowest BCUT2D eigenvalue weighted by Gasteiger charge is -2.13. The summed E-state index contributed by atoms with van der Waals surface area (Å²) >= 11 is 0. The number of carbonyl (C=O) groups excluding carboxylic acids is 1. The predicted octanol–water partition coefficient (Wildman–Crippen LogP) is 4.11. The lowest BCUT2D eigenvalue weighted by atomic mass is 10.1. The van der Waals surface area contributed by atoms with Crippen molar-refractivity contribution < 1.29 is 36.9 Å². The molecule has 0 saturated heterocycles. The Labute approximate surface area is 209 Å². The highest BCUT2D eigenvalue weighted by molar-refractivity contribution is 7.93. The molecule has 0 unspecified atom stereocenters. The van der Waals surface area contributed by atoms with Crippen LogP contribution in [0.25, 0.3) is 6.08 Å². The zero-order valence-corrected chi connectivity index (χ0v) is 21.1. The standard InChI is InChI=1S/C26H27NO8S/c1-31-20-14-23(33-3)21(24(15-20)34-4)11-12-36(29,30)16-17-5-10-22(32-2)25(13-17)35-26(28)18-6-8-19(27)9-7-18/h5-15H,16,27H2,1-4H3/b12-11+. The molecule has 3 aromatic rings. The number of hydrogen-bond acceptors (Lipinski definition) is 9. The second kappa shape index (κ2) is 11.5. The third-order valence-electron chi connectivity index (χ3n) is 5.14. The van der Waals surface area contributed by atoms with Crippen LogP contribution in [-0.2, 0) is 15.6 Å². The number of benzene rings is 3. The van der Waals surface area contributed by atoms with Gasteiger partial charge in [0, 0.05) is 23.2 Å². The molecule has 3 aromatic carbocycles. The maximum Gasteiger partial charge on any atom is 0.343 e. The van der Waals surface area contributed by atoms with Crippen molar-refractivity contribution in [2.75, 3.05) is 34.2 Å². The van der Waals surface area contributed by atoms with Crippen LogP contribution in [0.4, 0.5) is 5.69 Å². The van der Waals surface area contributed by atoms with Gasteiger partial charge >= 0.3 is 5.97 Å². The van der Waals surface area contributed by atoms with Crippen LogP contribution in [0.3, 0.4) is 0 Å². The average molecular weight is 514 g/mol. The quantitative estimate of drug-likeness (QED) is 0.242. The van der Waals surface area contributed by atoms with Crippen molar-refractivity contribution in [3.05, 3.63) is 76.7 Å². The SMILES string of the molecule is COc1cc(OC)c(/C=C/S(=O)(=O)Cc2ccc(OC)c(OC(=O)c3ccc(N)cc3)c2)c(OC)c1. The second-order valence-corrected chi connectivity index (χ2v) is 9.44. The molecule has 0 aliphatic rings. The van der Waals surface area contributed by atoms with E-state index in [-0.39, 0.29) is 22.8 Å². The summed E-state index contributed by atoms with van der Waals surface area (Å²) in [6.07, 6.45) is 1.40. The lowest BCUT2D eigenvalue weighted by molar-refractivity contribution is 0.0729. The normalized spacial score (nSPS) is 11.2. The summed E-state index contributed by atoms with van der Waals surface area (Å²) in [6.45, 7) is 0. The third kappa shape index (κ3) is 6.48. The highest BCUT2D eigenvalue weighted by Gasteiger charge is 2.17. The number of hydrogen-bond donors (Lipinski definition) is 1. The first-order chi connectivity index (χ1) is 17.2. The molecule has 36 heavy (non-hydrogen) atoms. The molecule has 0 aliphatic carbocycles. The molecular formula is C26H27NO8S. The van der Waals surface area contributed by atoms with E-state index in [2.05, 4.69) is 0 Å². The van der Waals surface area contributed by atoms with Crippen molar-refractivity contribution in [1.82, 2.24) is 0 Å². The van der Waals surface area contributed by atoms with Crippen LogP contribution in [0.5, 0.6) is 28.7 Å². The Hall–Kier alpha value is -4.18. The van der Waals surface area contributed by atoms with Gasteiger partial charge < -0.3 is 29.4 Å². The van der Waals surface area contributed by atoms with Crippen LogP contribution in [0.1, 0.15) is 21.5 Å². The van der Waals surface area contributed by atoms with Gasteiger partial charge in [-0.1, -0.05) is 6.07 Å². The van der Waals surface area contributed by atoms with Gasteiger partial charge in [-0.25, -0.2) is 13.2 Å². The van der Waals surface area contributed by atoms with Gasteiger partial charge in [-0.15, -0.1) is 0 Å². The number of sulfone groups is 1. The van der Waals surface area contributed by atoms with Gasteiger partial charge in [-0.2, -0.15) is 0 Å². The predicted molar refractivity (Wildman–Crippen MR) is 137 cm³/mol. The minimum Gasteiger partial charge on any atom is -0.496 e. The molecule has 3 rings (SSSR count). The number of rotatable bonds is 10. The van der Waals surface area contributed by atoms with Crippen LogP contribution in [0, 0.1) is 0 Å². The highest BCUT2D eigenvalue weighted by Crippen LogP contribution is 2.35. The van der Waals surface area contributed by atoms with E-state index in [4.69, 9.17) is 29.4 Å². The van der Waals surface area contributed by atoms with Crippen molar-refractivity contribution in [1.29, 1.82) is 0 Å². The summed E-state index contributed by atoms with van der Waals surface area (Å²) in [5, 5.41) is 1.07. The smallest absolute Gasteiger partial charge is 0.343 e. The number of nitrogens with two attached hydrogens (primary N) is 1. The molecule has 0 spiro atoms. The minimum absolute atomic E-state index is 0.0921. The first-order valence-corrected chi connectivity index (χ1v) is 12.4. The van der Waals surface area contributed by atoms with Crippen LogP contribution in [0.2, 0.25) is 0 Å². The first kappa shape index (κ1) is 26.4. The monoisotopic (exact) mass is 513 g/mol. The molecule has 0 saturated carbocycles. The Bertz CT molecular complexity index is 1340. The molecular weight excluding hydrogens is 486 g/mol. The topological polar surface area (TPSA) is 123 Å². The number of nitrogen functional groups attached to an aromatic ring is 1. The van der Waals surface area contributed by atoms with Crippen LogP contribution >= 0.6 is 0 Å². The molecule has 0 bridgehead atoms. The number of anilines is 1. The zero-order chi connectivity index (χ0) is 26.3. The Morgan fingerprint density at radius 2 is 1.42 bits per heavy atom. The van der Waals surface area contributed by atoms with Gasteiger partial charge in [0.05, 0.1) is 45.3 Å². The Morgan fingerprint density at radius 3 is 1.97 bits per heavy atom. The fourth-order valence-corrected chi connectivity index (χ4v) is 4.40. The number of ether oxygens (including phenoxy) is 5. The summed E-state index contributed by atoms with van der Waals surface area (Å²) in [6, 6.07) is 14.0. The van der Waals surface area contributed by atoms with E-state index in [1.165, 1.54) is 58.8 Å². The van der Waals surface area contributed by atoms with Crippen molar-refractivity contribution in [2.45, 2.75) is 5.75 Å². The van der Waals surface area contributed by atoms with E-state index in [1.54, 1.807) is 30.3 Å². The molecule has 2 N–H and O–H groups in total. The average Bonchev–Trinajstić information content (AvgIpc) is 2.87. The molecule has 0 radical (unpaired) electrons. The number of esters is 1. The van der Waals surface area contributed by atoms with E-state index < -0.39 is 15.8 Å². The summed E-state index contributed by atoms with van der Waals surface area (Å²) in [5.74, 6) is 0.672. The molecule has 190 valence electrons. The summed E-state index contributed by atoms with van der Waals surface area (Å²) in [4.78, 5) is 12.5. The van der Waals surface area contributed by atoms with Gasteiger partial charge in [-0.05, 0) is 48.0 Å². The van der Waals surface area contributed by atoms with E-state index in [0.717, 1.165) is 5.41 Å². The Morgan fingerprint density at radius 1 is 0.806 bits per heavy atom. The fourth-order valence-electron chi connectivity index (χ4n) is 3.32. The van der Waals surface area contributed by atoms with E-state index in [0.29, 0.717) is 34.1 Å². The van der Waals surface area contributed by atoms with E-state index in [1.807, 2.05) is 0 Å². The Kier molecular flexibility index (Phi) is 8.44. The van der Waals surface area contributed by atoms with Crippen molar-refractivity contribution in [3.8, 4) is 28.7 Å². The zero-order valence-electron chi connectivity index (χ0n) is 20.3. The lowest BCUT2D eigenvalue weighted by Crippen LogP contribution is -2.10. The number of carbonyl (C=O) groups is 1. The molecule has 9 nitrogen and oxygen atoms in total. The molecule has 10 heteroatoms. The van der Waals surface area contributed by atoms with Gasteiger partial charge in [0.25, 0.3) is 0 Å². The summed E-state index contributed by atoms with van der Waals surface area (Å²) in [7, 11) is 2.11. The van der Waals surface area contributed by atoms with Crippen molar-refractivity contribution in [3.63, 3.8) is 0 Å². The molecule has 0 fully saturated rings. The fraction of sp³-hybridized carbons (Fsp3) is 0.192. The highest BCUT2D eigenvalue weighted by atomic mass is 32.2. The van der Waals surface area contributed by atoms with Crippen LogP contribution in [0.15, 0.2) is 60.0 Å². The van der Waals surface area contributed by atoms with Gasteiger partial charge in [-0.3, -0.25) is 0 Å². The van der Waals surface area contributed by atoms with Gasteiger partial charge in [0.2, 0.25) is 0 Å². The van der Waals surface area contributed by atoms with E-state index >= 15 is 0 Å². The second-order valence-electron chi connectivity index (χ2n) is 7.55. The maximum absolute atomic E-state index is 12.9. The summed E-state index contributed by atoms with van der Waals surface area (Å²) in [5.41, 5.74) is 7.29. The van der Waals surface area contributed by atoms with Crippen molar-refractivity contribution in [2.24, 2.45) is 0 Å². The third-order valence-corrected chi connectivity index (χ3v) is 6.43. The van der Waals surface area contributed by atoms with Crippen LogP contribution in [-0.4, -0.2) is 42.8 Å². The van der Waals surface area contributed by atoms with Crippen LogP contribution < -0.4 is 29.4 Å². The van der Waals surface area contributed by atoms with Crippen molar-refractivity contribution >= 4 is 27.6 Å². The molecule has 0 aliphatic heterocycles. The maximum atomic E-state index is 12.9. The first-order valence-electron chi connectivity index (χ1n) is 10.6. The molecule has 0 aromatic heterocycles. The molecule has 0 amide bonds. The number of methoxy groups -OCH3 is 4. The molecule has 0 atom stereocenters. The largest absolute Gasteiger partial charge is 0.496 e. The van der Waals surface area contributed by atoms with Gasteiger partial charge in [0.15, 0.2) is 21.3 Å². The minimum atomic E-state index is -3.74. The van der Waals surface area contributed by atoms with Gasteiger partial charge in [0.1, 0.15) is 17.2 Å². The summed E-state index contributed by atoms with van der Waals surface area (Å²) < 4.78 is 52.5.